The summed E-state index contributed by atoms with van der Waals surface area (Å²) in [5.74, 6) is 0.234. The average molecular weight is 400 g/mol. The number of amides is 1. The van der Waals surface area contributed by atoms with Gasteiger partial charge in [0, 0.05) is 43.2 Å². The van der Waals surface area contributed by atoms with Crippen LogP contribution in [0.3, 0.4) is 0 Å². The minimum Gasteiger partial charge on any atom is -0.334 e. The van der Waals surface area contributed by atoms with Crippen LogP contribution >= 0.6 is 0 Å². The van der Waals surface area contributed by atoms with Crippen LogP contribution in [-0.4, -0.2) is 49.4 Å². The van der Waals surface area contributed by atoms with Crippen LogP contribution < -0.4 is 5.56 Å². The molecule has 7 heteroatoms. The molecule has 0 saturated carbocycles. The second-order valence-corrected chi connectivity index (χ2v) is 8.91. The minimum absolute atomic E-state index is 0.00413. The maximum atomic E-state index is 13.1. The summed E-state index contributed by atoms with van der Waals surface area (Å²) < 4.78 is 1.58. The lowest BCUT2D eigenvalue weighted by atomic mass is 9.96. The third-order valence-electron chi connectivity index (χ3n) is 6.72. The highest BCUT2D eigenvalue weighted by Gasteiger charge is 2.32. The van der Waals surface area contributed by atoms with Crippen LogP contribution in [0.1, 0.15) is 76.4 Å². The number of hydrogen-bond donors (Lipinski definition) is 1. The molecule has 0 spiro atoms. The molecule has 4 rings (SSSR count). The van der Waals surface area contributed by atoms with Gasteiger partial charge in [-0.25, -0.2) is 9.50 Å². The van der Waals surface area contributed by atoms with Crippen molar-refractivity contribution in [3.05, 3.63) is 33.4 Å². The molecule has 1 amide bonds. The number of aromatic amines is 1. The molecule has 0 radical (unpaired) electrons. The highest BCUT2D eigenvalue weighted by atomic mass is 16.2. The highest BCUT2D eigenvalue weighted by Crippen LogP contribution is 2.32. The van der Waals surface area contributed by atoms with E-state index in [9.17, 15) is 9.59 Å². The van der Waals surface area contributed by atoms with Crippen molar-refractivity contribution in [2.45, 2.75) is 78.4 Å². The number of fused-ring (bicyclic) bond motifs is 2. The van der Waals surface area contributed by atoms with E-state index >= 15 is 0 Å². The number of nitrogens with zero attached hydrogens (tertiary/aromatic N) is 4. The number of aromatic nitrogens is 3. The molecule has 1 N–H and O–H groups in total. The molecule has 1 fully saturated rings. The van der Waals surface area contributed by atoms with Crippen molar-refractivity contribution in [2.75, 3.05) is 13.1 Å². The summed E-state index contributed by atoms with van der Waals surface area (Å²) in [6, 6.07) is 2.41. The maximum Gasteiger partial charge on any atom is 0.276 e. The molecular weight excluding hydrogens is 366 g/mol. The van der Waals surface area contributed by atoms with Crippen LogP contribution in [0.15, 0.2) is 10.9 Å². The molecule has 2 aromatic rings. The molecule has 158 valence electrons. The second kappa shape index (κ2) is 7.94. The third kappa shape index (κ3) is 3.61. The van der Waals surface area contributed by atoms with Crippen LogP contribution in [0, 0.1) is 5.92 Å². The first-order valence-corrected chi connectivity index (χ1v) is 11.1. The number of carbonyl (C=O) groups is 1. The lowest BCUT2D eigenvalue weighted by Gasteiger charge is -2.36. The van der Waals surface area contributed by atoms with E-state index in [1.54, 1.807) is 4.52 Å². The molecule has 0 aromatic carbocycles. The monoisotopic (exact) mass is 399 g/mol. The number of likely N-dealkylation sites (tertiary alicyclic amines) is 1. The van der Waals surface area contributed by atoms with Crippen LogP contribution in [0.25, 0.3) is 5.65 Å². The van der Waals surface area contributed by atoms with E-state index in [0.717, 1.165) is 68.7 Å². The molecule has 2 aromatic heterocycles. The molecule has 4 heterocycles. The summed E-state index contributed by atoms with van der Waals surface area (Å²) in [5.41, 5.74) is 3.32. The Morgan fingerprint density at radius 1 is 1.28 bits per heavy atom. The van der Waals surface area contributed by atoms with Crippen molar-refractivity contribution in [1.82, 2.24) is 24.4 Å². The van der Waals surface area contributed by atoms with Crippen molar-refractivity contribution in [1.29, 1.82) is 0 Å². The van der Waals surface area contributed by atoms with E-state index in [0.29, 0.717) is 11.7 Å². The first-order chi connectivity index (χ1) is 13.9. The van der Waals surface area contributed by atoms with Gasteiger partial charge in [0.15, 0.2) is 5.65 Å². The van der Waals surface area contributed by atoms with Crippen LogP contribution in [-0.2, 0) is 17.8 Å². The Morgan fingerprint density at radius 3 is 2.79 bits per heavy atom. The van der Waals surface area contributed by atoms with E-state index in [-0.39, 0.29) is 23.4 Å². The Hall–Kier alpha value is -2.15. The summed E-state index contributed by atoms with van der Waals surface area (Å²) >= 11 is 0. The number of nitrogens with one attached hydrogen (secondary N) is 1. The molecule has 1 saturated heterocycles. The summed E-state index contributed by atoms with van der Waals surface area (Å²) in [6.07, 6.45) is 4.63. The van der Waals surface area contributed by atoms with Crippen LogP contribution in [0.4, 0.5) is 0 Å². The maximum absolute atomic E-state index is 13.1. The number of H-pyrrole nitrogens is 1. The summed E-state index contributed by atoms with van der Waals surface area (Å²) in [7, 11) is 0. The molecular formula is C22H33N5O2. The normalized spacial score (nSPS) is 21.6. The fraction of sp³-hybridized carbons (Fsp3) is 0.682. The van der Waals surface area contributed by atoms with Gasteiger partial charge in [0.25, 0.3) is 5.56 Å². The van der Waals surface area contributed by atoms with Gasteiger partial charge in [0.2, 0.25) is 5.91 Å². The highest BCUT2D eigenvalue weighted by molar-refractivity contribution is 5.79. The van der Waals surface area contributed by atoms with Gasteiger partial charge in [-0.2, -0.15) is 0 Å². The van der Waals surface area contributed by atoms with Gasteiger partial charge in [-0.3, -0.25) is 19.6 Å². The molecule has 0 unspecified atom stereocenters. The smallest absolute Gasteiger partial charge is 0.276 e. The lowest BCUT2D eigenvalue weighted by Crippen LogP contribution is -2.41. The van der Waals surface area contributed by atoms with Gasteiger partial charge in [0.1, 0.15) is 0 Å². The predicted octanol–water partition coefficient (Wildman–Crippen LogP) is 2.89. The van der Waals surface area contributed by atoms with Crippen LogP contribution in [0.2, 0.25) is 0 Å². The fourth-order valence-corrected chi connectivity index (χ4v) is 4.62. The largest absolute Gasteiger partial charge is 0.334 e. The van der Waals surface area contributed by atoms with E-state index < -0.39 is 0 Å². The van der Waals surface area contributed by atoms with Gasteiger partial charge in [-0.15, -0.1) is 0 Å². The fourth-order valence-electron chi connectivity index (χ4n) is 4.62. The molecule has 2 aliphatic rings. The zero-order chi connectivity index (χ0) is 20.7. The van der Waals surface area contributed by atoms with Crippen molar-refractivity contribution < 1.29 is 4.79 Å². The standard InChI is InChI=1S/C22H33N5O2/c1-5-15(4)21(28)26-10-7-6-8-19(26)17-12-20-23-18-13-25(14(2)3)11-9-16(18)22(29)27(20)24-17/h12,14-15,19,24H,5-11,13H2,1-4H3/t15-,19-/m0/s1. The number of hydrogen-bond acceptors (Lipinski definition) is 4. The van der Waals surface area contributed by atoms with Crippen molar-refractivity contribution >= 4 is 11.6 Å². The Balaban J connectivity index is 1.71. The Bertz CT molecular complexity index is 960. The summed E-state index contributed by atoms with van der Waals surface area (Å²) in [4.78, 5) is 35.2. The van der Waals surface area contributed by atoms with Crippen molar-refractivity contribution in [2.24, 2.45) is 5.92 Å². The molecule has 2 aliphatic heterocycles. The van der Waals surface area contributed by atoms with Crippen molar-refractivity contribution in [3.8, 4) is 0 Å². The number of carbonyl (C=O) groups excluding carboxylic acids is 1. The number of rotatable bonds is 4. The topological polar surface area (TPSA) is 73.7 Å². The molecule has 29 heavy (non-hydrogen) atoms. The average Bonchev–Trinajstić information content (AvgIpc) is 3.16. The summed E-state index contributed by atoms with van der Waals surface area (Å²) in [5, 5.41) is 3.29. The molecule has 2 atom stereocenters. The van der Waals surface area contributed by atoms with Gasteiger partial charge in [0.05, 0.1) is 17.4 Å². The van der Waals surface area contributed by atoms with Gasteiger partial charge < -0.3 is 4.90 Å². The Morgan fingerprint density at radius 2 is 2.07 bits per heavy atom. The lowest BCUT2D eigenvalue weighted by molar-refractivity contribution is -0.139. The van der Waals surface area contributed by atoms with E-state index in [1.807, 2.05) is 17.9 Å². The minimum atomic E-state index is -0.00413. The van der Waals surface area contributed by atoms with Gasteiger partial charge in [-0.05, 0) is 46.0 Å². The first kappa shape index (κ1) is 20.1. The van der Waals surface area contributed by atoms with Gasteiger partial charge >= 0.3 is 0 Å². The zero-order valence-corrected chi connectivity index (χ0v) is 18.1. The summed E-state index contributed by atoms with van der Waals surface area (Å²) in [6.45, 7) is 10.8. The quantitative estimate of drug-likeness (QED) is 0.858. The third-order valence-corrected chi connectivity index (χ3v) is 6.72. The Labute approximate surface area is 172 Å². The first-order valence-electron chi connectivity index (χ1n) is 11.1. The number of piperidine rings is 1. The SMILES string of the molecule is CC[C@H](C)C(=O)N1CCCC[C@H]1c1cc2nc3c(c(=O)n2[nH]1)CCN(C(C)C)C3. The van der Waals surface area contributed by atoms with E-state index in [1.165, 1.54) is 0 Å². The van der Waals surface area contributed by atoms with Crippen molar-refractivity contribution in [3.63, 3.8) is 0 Å². The van der Waals surface area contributed by atoms with E-state index in [2.05, 4.69) is 30.8 Å². The van der Waals surface area contributed by atoms with E-state index in [4.69, 9.17) is 4.98 Å². The predicted molar refractivity (Wildman–Crippen MR) is 113 cm³/mol. The van der Waals surface area contributed by atoms with Crippen LogP contribution in [0.5, 0.6) is 0 Å². The molecule has 0 aliphatic carbocycles. The molecule has 7 nitrogen and oxygen atoms in total. The van der Waals surface area contributed by atoms with Gasteiger partial charge in [-0.1, -0.05) is 13.8 Å². The Kier molecular flexibility index (Phi) is 5.51. The zero-order valence-electron chi connectivity index (χ0n) is 18.1. The second-order valence-electron chi connectivity index (χ2n) is 8.91. The molecule has 0 bridgehead atoms.